The largest absolute Gasteiger partial charge is 0.481 e. The maximum Gasteiger partial charge on any atom is 0.327 e. The van der Waals surface area contributed by atoms with Gasteiger partial charge in [0.25, 0.3) is 5.91 Å². The first-order valence-corrected chi connectivity index (χ1v) is 9.85. The Hall–Kier alpha value is -2.43. The van der Waals surface area contributed by atoms with Gasteiger partial charge < -0.3 is 14.6 Å². The monoisotopic (exact) mass is 481 g/mol. The number of rotatable bonds is 6. The third-order valence-electron chi connectivity index (χ3n) is 3.82. The van der Waals surface area contributed by atoms with Crippen molar-refractivity contribution in [2.75, 3.05) is 0 Å². The fraction of sp³-hybridized carbons (Fsp3) is 0.111. The fourth-order valence-electron chi connectivity index (χ4n) is 2.53. The third kappa shape index (κ3) is 4.34. The highest BCUT2D eigenvalue weighted by Crippen LogP contribution is 2.35. The van der Waals surface area contributed by atoms with Crippen LogP contribution >= 0.6 is 39.9 Å². The van der Waals surface area contributed by atoms with Crippen LogP contribution in [0.5, 0.6) is 0 Å². The third-order valence-corrected chi connectivity index (χ3v) is 5.68. The number of aliphatic carboxylic acids is 2. The molecule has 7 nitrogen and oxygen atoms in total. The number of carbonyl (C=O) groups excluding carboxylic acids is 1. The Labute approximate surface area is 177 Å². The Bertz CT molecular complexity index is 998. The molecule has 1 amide bonds. The summed E-state index contributed by atoms with van der Waals surface area (Å²) >= 11 is 9.35. The van der Waals surface area contributed by atoms with E-state index in [0.29, 0.717) is 11.5 Å². The summed E-state index contributed by atoms with van der Waals surface area (Å²) in [5.74, 6) is -2.44. The smallest absolute Gasteiger partial charge is 0.327 e. The summed E-state index contributed by atoms with van der Waals surface area (Å²) in [5, 5.41) is 18.2. The van der Waals surface area contributed by atoms with Crippen LogP contribution in [0, 0.1) is 0 Å². The maximum atomic E-state index is 12.6. The van der Waals surface area contributed by atoms with Crippen molar-refractivity contribution in [1.82, 2.24) is 4.90 Å². The van der Waals surface area contributed by atoms with Crippen molar-refractivity contribution in [3.05, 3.63) is 51.5 Å². The van der Waals surface area contributed by atoms with E-state index in [1.54, 1.807) is 12.1 Å². The molecule has 1 aromatic carbocycles. The molecule has 0 spiro atoms. The van der Waals surface area contributed by atoms with Crippen LogP contribution in [-0.2, 0) is 14.4 Å². The molecule has 2 N–H and O–H groups in total. The molecule has 0 saturated carbocycles. The van der Waals surface area contributed by atoms with Crippen LogP contribution in [0.2, 0.25) is 0 Å². The Morgan fingerprint density at radius 3 is 2.50 bits per heavy atom. The second-order valence-electron chi connectivity index (χ2n) is 5.71. The second-order valence-corrected chi connectivity index (χ2v) is 8.30. The van der Waals surface area contributed by atoms with Gasteiger partial charge in [-0.3, -0.25) is 14.5 Å². The molecule has 1 aliphatic heterocycles. The number of furan rings is 1. The van der Waals surface area contributed by atoms with Crippen LogP contribution in [0.4, 0.5) is 0 Å². The molecule has 0 unspecified atom stereocenters. The van der Waals surface area contributed by atoms with Gasteiger partial charge in [-0.1, -0.05) is 52.0 Å². The van der Waals surface area contributed by atoms with Gasteiger partial charge >= 0.3 is 11.9 Å². The van der Waals surface area contributed by atoms with E-state index in [-0.39, 0.29) is 9.23 Å². The van der Waals surface area contributed by atoms with Gasteiger partial charge in [0.05, 0.1) is 11.3 Å². The molecule has 2 aromatic rings. The quantitative estimate of drug-likeness (QED) is 0.473. The van der Waals surface area contributed by atoms with Crippen LogP contribution < -0.4 is 0 Å². The van der Waals surface area contributed by atoms with Crippen molar-refractivity contribution >= 4 is 68.2 Å². The Kier molecular flexibility index (Phi) is 6.01. The fourth-order valence-corrected chi connectivity index (χ4v) is 4.13. The number of halogens is 1. The van der Waals surface area contributed by atoms with Gasteiger partial charge in [-0.2, -0.15) is 0 Å². The molecule has 3 rings (SSSR count). The molecule has 1 aromatic heterocycles. The van der Waals surface area contributed by atoms with E-state index in [0.717, 1.165) is 26.7 Å². The Morgan fingerprint density at radius 2 is 1.89 bits per heavy atom. The highest BCUT2D eigenvalue weighted by atomic mass is 79.9. The minimum Gasteiger partial charge on any atom is -0.481 e. The predicted molar refractivity (Wildman–Crippen MR) is 111 cm³/mol. The number of carboxylic acids is 2. The summed E-state index contributed by atoms with van der Waals surface area (Å²) in [6.45, 7) is 0. The molecule has 28 heavy (non-hydrogen) atoms. The summed E-state index contributed by atoms with van der Waals surface area (Å²) in [7, 11) is 0. The van der Waals surface area contributed by atoms with Crippen molar-refractivity contribution in [2.45, 2.75) is 12.5 Å². The van der Waals surface area contributed by atoms with Gasteiger partial charge in [0.15, 0.2) is 0 Å². The van der Waals surface area contributed by atoms with Gasteiger partial charge in [-0.15, -0.1) is 0 Å². The van der Waals surface area contributed by atoms with E-state index in [9.17, 15) is 19.5 Å². The van der Waals surface area contributed by atoms with Gasteiger partial charge in [0, 0.05) is 16.1 Å². The highest BCUT2D eigenvalue weighted by molar-refractivity contribution is 9.10. The molecular weight excluding hydrogens is 470 g/mol. The van der Waals surface area contributed by atoms with E-state index < -0.39 is 30.3 Å². The molecule has 1 fully saturated rings. The normalized spacial score (nSPS) is 16.6. The van der Waals surface area contributed by atoms with Crippen molar-refractivity contribution < 1.29 is 29.0 Å². The second kappa shape index (κ2) is 8.29. The lowest BCUT2D eigenvalue weighted by atomic mass is 10.2. The average Bonchev–Trinajstić information content (AvgIpc) is 3.19. The van der Waals surface area contributed by atoms with Gasteiger partial charge in [-0.05, 0) is 24.3 Å². The molecule has 1 aliphatic rings. The molecular formula is C18H12BrNO6S2. The topological polar surface area (TPSA) is 108 Å². The first-order chi connectivity index (χ1) is 13.3. The number of hydrogen-bond acceptors (Lipinski definition) is 6. The number of carboxylic acid groups (broad SMARTS) is 2. The van der Waals surface area contributed by atoms with Crippen LogP contribution in [0.1, 0.15) is 12.2 Å². The number of amides is 1. The van der Waals surface area contributed by atoms with Gasteiger partial charge in [0.2, 0.25) is 0 Å². The van der Waals surface area contributed by atoms with Gasteiger partial charge in [-0.25, -0.2) is 4.79 Å². The number of hydrogen-bond donors (Lipinski definition) is 2. The molecule has 2 heterocycles. The predicted octanol–water partition coefficient (Wildman–Crippen LogP) is 3.84. The Balaban J connectivity index is 1.85. The minimum atomic E-state index is -1.56. The van der Waals surface area contributed by atoms with Crippen molar-refractivity contribution in [3.8, 4) is 11.3 Å². The Morgan fingerprint density at radius 1 is 1.21 bits per heavy atom. The van der Waals surface area contributed by atoms with Crippen molar-refractivity contribution in [1.29, 1.82) is 0 Å². The summed E-state index contributed by atoms with van der Waals surface area (Å²) in [4.78, 5) is 35.9. The van der Waals surface area contributed by atoms with E-state index in [1.165, 1.54) is 6.08 Å². The highest BCUT2D eigenvalue weighted by Gasteiger charge is 2.41. The zero-order chi connectivity index (χ0) is 20.4. The molecule has 1 atom stereocenters. The van der Waals surface area contributed by atoms with Crippen LogP contribution in [0.15, 0.2) is 50.2 Å². The summed E-state index contributed by atoms with van der Waals surface area (Å²) in [5.41, 5.74) is 0.850. The van der Waals surface area contributed by atoms with E-state index in [1.807, 2.05) is 24.3 Å². The molecule has 0 aliphatic carbocycles. The lowest BCUT2D eigenvalue weighted by Gasteiger charge is -2.21. The van der Waals surface area contributed by atoms with Crippen molar-refractivity contribution in [3.63, 3.8) is 0 Å². The van der Waals surface area contributed by atoms with Gasteiger partial charge in [0.1, 0.15) is 21.9 Å². The van der Waals surface area contributed by atoms with Crippen LogP contribution in [0.3, 0.4) is 0 Å². The zero-order valence-electron chi connectivity index (χ0n) is 14.0. The maximum absolute atomic E-state index is 12.6. The number of thioether (sulfide) groups is 1. The first-order valence-electron chi connectivity index (χ1n) is 7.83. The average molecular weight is 482 g/mol. The molecule has 0 radical (unpaired) electrons. The first kappa shape index (κ1) is 20.3. The standard InChI is InChI=1S/C18H12BrNO6S2/c19-10-3-1-9(2-4-10)13-6-5-11(26-13)7-14-16(23)20(18(27)28-14)12(17(24)25)8-15(21)22/h1-7,12H,8H2,(H,21,22)(H,24,25)/b14-7+/t12-/m1/s1. The lowest BCUT2D eigenvalue weighted by Crippen LogP contribution is -2.45. The number of thiocarbonyl (C=S) groups is 1. The number of nitrogens with zero attached hydrogens (tertiary/aromatic N) is 1. The lowest BCUT2D eigenvalue weighted by molar-refractivity contribution is -0.150. The van der Waals surface area contributed by atoms with Crippen molar-refractivity contribution in [2.24, 2.45) is 0 Å². The van der Waals surface area contributed by atoms with E-state index in [4.69, 9.17) is 21.7 Å². The zero-order valence-corrected chi connectivity index (χ0v) is 17.2. The van der Waals surface area contributed by atoms with E-state index in [2.05, 4.69) is 15.9 Å². The molecule has 1 saturated heterocycles. The molecule has 0 bridgehead atoms. The SMILES string of the molecule is O=C(O)C[C@H](C(=O)O)N1C(=O)/C(=C\c2ccc(-c3ccc(Br)cc3)o2)SC1=S. The molecule has 10 heteroatoms. The summed E-state index contributed by atoms with van der Waals surface area (Å²) < 4.78 is 6.66. The number of carbonyl (C=O) groups is 3. The summed E-state index contributed by atoms with van der Waals surface area (Å²) in [6.07, 6.45) is 0.713. The minimum absolute atomic E-state index is 0.00964. The number of benzene rings is 1. The van der Waals surface area contributed by atoms with Crippen LogP contribution in [-0.4, -0.2) is 43.3 Å². The van der Waals surface area contributed by atoms with E-state index >= 15 is 0 Å². The summed E-state index contributed by atoms with van der Waals surface area (Å²) in [6, 6.07) is 9.35. The van der Waals surface area contributed by atoms with Crippen LogP contribution in [0.25, 0.3) is 17.4 Å². The molecule has 144 valence electrons.